The molecule has 1 aromatic carbocycles. The minimum Gasteiger partial charge on any atom is -0.480 e. The van der Waals surface area contributed by atoms with Gasteiger partial charge in [0.2, 0.25) is 5.88 Å². The third-order valence-corrected chi connectivity index (χ3v) is 11.9. The summed E-state index contributed by atoms with van der Waals surface area (Å²) in [6.07, 6.45) is 8.44. The van der Waals surface area contributed by atoms with Crippen LogP contribution in [0.25, 0.3) is 33.1 Å². The monoisotopic (exact) mass is 709 g/mol. The van der Waals surface area contributed by atoms with Gasteiger partial charge in [0.05, 0.1) is 55.8 Å². The van der Waals surface area contributed by atoms with E-state index < -0.39 is 17.0 Å². The summed E-state index contributed by atoms with van der Waals surface area (Å²) in [7, 11) is 1.47. The summed E-state index contributed by atoms with van der Waals surface area (Å²) in [4.78, 5) is 18.8. The molecule has 2 aliphatic carbocycles. The van der Waals surface area contributed by atoms with Gasteiger partial charge in [-0.1, -0.05) is 18.0 Å². The third kappa shape index (κ3) is 5.75. The van der Waals surface area contributed by atoms with E-state index >= 15 is 4.39 Å². The van der Waals surface area contributed by atoms with Gasteiger partial charge in [0, 0.05) is 35.0 Å². The minimum absolute atomic E-state index is 0.0201. The average molecular weight is 710 g/mol. The topological polar surface area (TPSA) is 142 Å². The molecule has 268 valence electrons. The lowest BCUT2D eigenvalue weighted by molar-refractivity contribution is -0.117. The minimum atomic E-state index is -1.19. The smallest absolute Gasteiger partial charge is 0.319 e. The molecule has 3 aromatic heterocycles. The van der Waals surface area contributed by atoms with Crippen LogP contribution >= 0.6 is 11.6 Å². The first-order chi connectivity index (χ1) is 23.9. The van der Waals surface area contributed by atoms with E-state index in [0.29, 0.717) is 59.1 Å². The normalized spacial score (nSPS) is 30.4. The van der Waals surface area contributed by atoms with Gasteiger partial charge in [-0.05, 0) is 77.5 Å². The molecule has 3 N–H and O–H groups in total. The number of aromatic amines is 1. The molecule has 4 fully saturated rings. The second-order valence-electron chi connectivity index (χ2n) is 15.5. The number of fused-ring (bicyclic) bond motifs is 3. The van der Waals surface area contributed by atoms with Crippen molar-refractivity contribution in [3.05, 3.63) is 28.7 Å². The predicted octanol–water partition coefficient (Wildman–Crippen LogP) is 5.19. The Hall–Kier alpha value is -3.36. The molecule has 2 aliphatic heterocycles. The zero-order valence-corrected chi connectivity index (χ0v) is 29.8. The van der Waals surface area contributed by atoms with Crippen LogP contribution in [-0.4, -0.2) is 110 Å². The highest BCUT2D eigenvalue weighted by Crippen LogP contribution is 2.51. The highest BCUT2D eigenvalue weighted by Gasteiger charge is 2.53. The number of H-pyrrole nitrogens is 1. The summed E-state index contributed by atoms with van der Waals surface area (Å²) in [6, 6.07) is 2.61. The quantitative estimate of drug-likeness (QED) is 0.233. The number of nitrogens with one attached hydrogen (secondary N) is 1. The summed E-state index contributed by atoms with van der Waals surface area (Å²) in [5, 5.41) is 30.0. The van der Waals surface area contributed by atoms with E-state index in [1.807, 2.05) is 24.8 Å². The Morgan fingerprint density at radius 2 is 1.92 bits per heavy atom. The maximum atomic E-state index is 17.2. The zero-order chi connectivity index (χ0) is 35.0. The molecule has 8 rings (SSSR count). The number of aliphatic hydroxyl groups is 2. The van der Waals surface area contributed by atoms with Crippen LogP contribution in [-0.2, 0) is 4.74 Å². The lowest BCUT2D eigenvalue weighted by Crippen LogP contribution is -2.61. The van der Waals surface area contributed by atoms with Crippen molar-refractivity contribution in [3.8, 4) is 23.1 Å². The fraction of sp³-hybridized carbons (Fsp3) is 0.611. The largest absolute Gasteiger partial charge is 0.480 e. The lowest BCUT2D eigenvalue weighted by atomic mass is 9.70. The van der Waals surface area contributed by atoms with Crippen LogP contribution in [0.4, 0.5) is 10.2 Å². The summed E-state index contributed by atoms with van der Waals surface area (Å²) in [6.45, 7) is 7.92. The van der Waals surface area contributed by atoms with Gasteiger partial charge in [0.1, 0.15) is 28.0 Å². The molecule has 0 radical (unpaired) electrons. The van der Waals surface area contributed by atoms with Crippen LogP contribution in [0.15, 0.2) is 12.3 Å². The maximum absolute atomic E-state index is 17.2. The molecule has 0 bridgehead atoms. The Labute approximate surface area is 295 Å². The molecule has 50 heavy (non-hydrogen) atoms. The number of benzene rings is 1. The molecule has 2 saturated heterocycles. The van der Waals surface area contributed by atoms with Crippen molar-refractivity contribution >= 4 is 39.2 Å². The molecule has 4 aromatic rings. The lowest BCUT2D eigenvalue weighted by Gasteiger charge is -2.55. The van der Waals surface area contributed by atoms with Gasteiger partial charge in [-0.25, -0.2) is 9.37 Å². The van der Waals surface area contributed by atoms with Crippen molar-refractivity contribution in [2.24, 2.45) is 5.41 Å². The SMILES string of the molecule is COc1nc(-c2c(Cl)c(C)cc3[nH]ncc23)c(F)c2nc(OC[C@]34CCC[C@H]3N(C3CC(C)(O)C3)CCC4)nc(N3CCOC[C@@](C)(O)C3)c12. The molecular formula is C36H45ClFN7O5. The number of ether oxygens (including phenoxy) is 3. The van der Waals surface area contributed by atoms with Crippen molar-refractivity contribution in [3.63, 3.8) is 0 Å². The van der Waals surface area contributed by atoms with E-state index in [9.17, 15) is 10.2 Å². The van der Waals surface area contributed by atoms with Crippen molar-refractivity contribution < 1.29 is 28.8 Å². The molecule has 4 aliphatic rings. The average Bonchev–Trinajstić information content (AvgIpc) is 3.67. The zero-order valence-electron chi connectivity index (χ0n) is 29.1. The van der Waals surface area contributed by atoms with E-state index in [-0.39, 0.29) is 47.1 Å². The van der Waals surface area contributed by atoms with Crippen molar-refractivity contribution in [2.75, 3.05) is 51.5 Å². The van der Waals surface area contributed by atoms with Crippen LogP contribution in [0.2, 0.25) is 5.02 Å². The van der Waals surface area contributed by atoms with Crippen molar-refractivity contribution in [1.82, 2.24) is 30.0 Å². The fourth-order valence-electron chi connectivity index (χ4n) is 9.10. The van der Waals surface area contributed by atoms with Crippen LogP contribution in [0.5, 0.6) is 11.9 Å². The summed E-state index contributed by atoms with van der Waals surface area (Å²) < 4.78 is 35.3. The summed E-state index contributed by atoms with van der Waals surface area (Å²) >= 11 is 6.85. The molecule has 5 heterocycles. The summed E-state index contributed by atoms with van der Waals surface area (Å²) in [5.41, 5.74) is -0.119. The first-order valence-corrected chi connectivity index (χ1v) is 18.0. The van der Waals surface area contributed by atoms with Gasteiger partial charge in [-0.3, -0.25) is 10.00 Å². The molecular weight excluding hydrogens is 665 g/mol. The van der Waals surface area contributed by atoms with E-state index in [2.05, 4.69) is 20.1 Å². The second-order valence-corrected chi connectivity index (χ2v) is 15.9. The van der Waals surface area contributed by atoms with Crippen LogP contribution in [0.1, 0.15) is 64.4 Å². The Balaban J connectivity index is 1.24. The molecule has 0 spiro atoms. The van der Waals surface area contributed by atoms with E-state index in [4.69, 9.17) is 35.8 Å². The number of methoxy groups -OCH3 is 1. The highest BCUT2D eigenvalue weighted by atomic mass is 35.5. The van der Waals surface area contributed by atoms with Crippen molar-refractivity contribution in [2.45, 2.75) is 89.0 Å². The number of pyridine rings is 1. The number of aryl methyl sites for hydroxylation is 1. The van der Waals surface area contributed by atoms with Gasteiger partial charge in [0.25, 0.3) is 0 Å². The maximum Gasteiger partial charge on any atom is 0.319 e. The predicted molar refractivity (Wildman–Crippen MR) is 187 cm³/mol. The number of rotatable bonds is 7. The highest BCUT2D eigenvalue weighted by molar-refractivity contribution is 6.35. The molecule has 2 saturated carbocycles. The molecule has 0 unspecified atom stereocenters. The summed E-state index contributed by atoms with van der Waals surface area (Å²) in [5.74, 6) is -0.234. The van der Waals surface area contributed by atoms with Gasteiger partial charge < -0.3 is 29.3 Å². The first kappa shape index (κ1) is 33.8. The van der Waals surface area contributed by atoms with Gasteiger partial charge >= 0.3 is 6.01 Å². The van der Waals surface area contributed by atoms with E-state index in [1.165, 1.54) is 7.11 Å². The van der Waals surface area contributed by atoms with Gasteiger partial charge in [0.15, 0.2) is 5.82 Å². The standard InChI is InChI=1S/C36H45ClFN7O5/c1-20-13-23-22(16-39-43-23)25(27(20)37)29-28(38)30-26(32(40-29)48-4)31(44-11-12-49-18-35(3,47)17-44)42-33(41-30)50-19-36-8-5-7-24(36)45(10-6-9-36)21-14-34(2,46)15-21/h13,16,21,24,46-47H,5-12,14-15,17-19H2,1-4H3,(H,39,43)/t21?,24-,34?,35+,36-/m1/s1. The van der Waals surface area contributed by atoms with E-state index in [0.717, 1.165) is 57.1 Å². The number of β-amino-alcohol motifs (C(OH)–C–C–N with tert-alkyl or cyclic N) is 1. The van der Waals surface area contributed by atoms with Gasteiger partial charge in [-0.2, -0.15) is 15.1 Å². The Bertz CT molecular complexity index is 1950. The van der Waals surface area contributed by atoms with Crippen LogP contribution in [0, 0.1) is 18.2 Å². The van der Waals surface area contributed by atoms with Crippen molar-refractivity contribution in [1.29, 1.82) is 0 Å². The fourth-order valence-corrected chi connectivity index (χ4v) is 9.35. The number of aromatic nitrogens is 5. The van der Waals surface area contributed by atoms with Crippen LogP contribution < -0.4 is 14.4 Å². The number of hydrogen-bond acceptors (Lipinski definition) is 11. The number of piperidine rings is 1. The van der Waals surface area contributed by atoms with Crippen LogP contribution in [0.3, 0.4) is 0 Å². The van der Waals surface area contributed by atoms with Gasteiger partial charge in [-0.15, -0.1) is 0 Å². The number of likely N-dealkylation sites (tertiary alicyclic amines) is 1. The molecule has 0 amide bonds. The number of anilines is 1. The molecule has 14 heteroatoms. The number of nitrogens with zero attached hydrogens (tertiary/aromatic N) is 6. The third-order valence-electron chi connectivity index (χ3n) is 11.4. The number of halogens is 2. The van der Waals surface area contributed by atoms with E-state index in [1.54, 1.807) is 13.1 Å². The second kappa shape index (κ2) is 12.4. The Kier molecular flexibility index (Phi) is 8.37. The Morgan fingerprint density at radius 1 is 1.12 bits per heavy atom. The molecule has 3 atom stereocenters. The number of hydrogen-bond donors (Lipinski definition) is 3. The molecule has 12 nitrogen and oxygen atoms in total. The first-order valence-electron chi connectivity index (χ1n) is 17.6. The Morgan fingerprint density at radius 3 is 2.70 bits per heavy atom.